The van der Waals surface area contributed by atoms with E-state index in [2.05, 4.69) is 5.32 Å². The Morgan fingerprint density at radius 1 is 1.29 bits per heavy atom. The van der Waals surface area contributed by atoms with E-state index in [4.69, 9.17) is 9.84 Å². The summed E-state index contributed by atoms with van der Waals surface area (Å²) in [4.78, 5) is 10.7. The van der Waals surface area contributed by atoms with E-state index in [1.807, 2.05) is 36.4 Å². The number of carbonyl (C=O) groups is 1. The van der Waals surface area contributed by atoms with Gasteiger partial charge in [0.05, 0.1) is 6.04 Å². The molecule has 0 aliphatic carbocycles. The van der Waals surface area contributed by atoms with Gasteiger partial charge < -0.3 is 15.2 Å². The minimum Gasteiger partial charge on any atom is -0.491 e. The number of benzene rings is 2. The van der Waals surface area contributed by atoms with Gasteiger partial charge in [0.25, 0.3) is 0 Å². The molecule has 0 bridgehead atoms. The van der Waals surface area contributed by atoms with Crippen molar-refractivity contribution in [2.75, 3.05) is 6.61 Å². The lowest BCUT2D eigenvalue weighted by atomic mass is 10.00. The molecule has 4 nitrogen and oxygen atoms in total. The van der Waals surface area contributed by atoms with Crippen LogP contribution in [-0.2, 0) is 0 Å². The first kappa shape index (κ1) is 9.96. The summed E-state index contributed by atoms with van der Waals surface area (Å²) in [6, 6.07) is 11.5. The molecule has 2 N–H and O–H groups in total. The van der Waals surface area contributed by atoms with Gasteiger partial charge in [0.2, 0.25) is 0 Å². The van der Waals surface area contributed by atoms with Crippen molar-refractivity contribution in [2.24, 2.45) is 0 Å². The summed E-state index contributed by atoms with van der Waals surface area (Å²) in [5.41, 5.74) is 0.936. The van der Waals surface area contributed by atoms with Crippen molar-refractivity contribution in [1.82, 2.24) is 5.32 Å². The van der Waals surface area contributed by atoms with Gasteiger partial charge in [-0.3, -0.25) is 0 Å². The Hall–Kier alpha value is -2.23. The SMILES string of the molecule is O=C(O)NC1COc2ccc3ccccc3c21. The molecule has 2 aromatic rings. The third kappa shape index (κ3) is 1.58. The van der Waals surface area contributed by atoms with Crippen LogP contribution in [0.1, 0.15) is 11.6 Å². The van der Waals surface area contributed by atoms with Gasteiger partial charge in [-0.05, 0) is 16.8 Å². The summed E-state index contributed by atoms with van der Waals surface area (Å²) in [5.74, 6) is 0.766. The topological polar surface area (TPSA) is 58.6 Å². The van der Waals surface area contributed by atoms with Crippen molar-refractivity contribution in [2.45, 2.75) is 6.04 Å². The Morgan fingerprint density at radius 2 is 2.12 bits per heavy atom. The lowest BCUT2D eigenvalue weighted by Crippen LogP contribution is -2.27. The van der Waals surface area contributed by atoms with Crippen LogP contribution in [0.25, 0.3) is 10.8 Å². The molecule has 1 aliphatic rings. The first-order valence-corrected chi connectivity index (χ1v) is 5.39. The largest absolute Gasteiger partial charge is 0.491 e. The number of rotatable bonds is 1. The molecule has 17 heavy (non-hydrogen) atoms. The highest BCUT2D eigenvalue weighted by Crippen LogP contribution is 2.37. The molecule has 2 aromatic carbocycles. The van der Waals surface area contributed by atoms with Crippen molar-refractivity contribution in [3.8, 4) is 5.75 Å². The van der Waals surface area contributed by atoms with Crippen molar-refractivity contribution in [3.63, 3.8) is 0 Å². The van der Waals surface area contributed by atoms with Gasteiger partial charge in [0, 0.05) is 5.56 Å². The molecule has 86 valence electrons. The van der Waals surface area contributed by atoms with Crippen molar-refractivity contribution in [3.05, 3.63) is 42.0 Å². The smallest absolute Gasteiger partial charge is 0.405 e. The first-order chi connectivity index (χ1) is 8.25. The van der Waals surface area contributed by atoms with Crippen molar-refractivity contribution < 1.29 is 14.6 Å². The number of amides is 1. The molecule has 1 atom stereocenters. The zero-order valence-electron chi connectivity index (χ0n) is 9.01. The van der Waals surface area contributed by atoms with E-state index >= 15 is 0 Å². The third-order valence-corrected chi connectivity index (χ3v) is 2.98. The van der Waals surface area contributed by atoms with Crippen LogP contribution in [0.5, 0.6) is 5.75 Å². The predicted octanol–water partition coefficient (Wildman–Crippen LogP) is 2.54. The zero-order valence-corrected chi connectivity index (χ0v) is 9.01. The highest BCUT2D eigenvalue weighted by Gasteiger charge is 2.27. The Labute approximate surface area is 97.8 Å². The number of hydrogen-bond acceptors (Lipinski definition) is 2. The molecule has 3 rings (SSSR count). The predicted molar refractivity (Wildman–Crippen MR) is 63.3 cm³/mol. The summed E-state index contributed by atoms with van der Waals surface area (Å²) in [5, 5.41) is 13.4. The van der Waals surface area contributed by atoms with Crippen LogP contribution < -0.4 is 10.1 Å². The van der Waals surface area contributed by atoms with Gasteiger partial charge in [-0.2, -0.15) is 0 Å². The second-order valence-electron chi connectivity index (χ2n) is 4.01. The number of carboxylic acid groups (broad SMARTS) is 1. The Balaban J connectivity index is 2.17. The molecule has 0 fully saturated rings. The number of hydrogen-bond donors (Lipinski definition) is 2. The molecule has 1 aliphatic heterocycles. The second-order valence-corrected chi connectivity index (χ2v) is 4.01. The first-order valence-electron chi connectivity index (χ1n) is 5.39. The van der Waals surface area contributed by atoms with E-state index in [0.717, 1.165) is 22.1 Å². The van der Waals surface area contributed by atoms with Gasteiger partial charge in [0.15, 0.2) is 0 Å². The van der Waals surface area contributed by atoms with E-state index in [9.17, 15) is 4.79 Å². The maximum Gasteiger partial charge on any atom is 0.405 e. The van der Waals surface area contributed by atoms with Crippen LogP contribution in [0, 0.1) is 0 Å². The minimum atomic E-state index is -1.03. The standard InChI is InChI=1S/C13H11NO3/c15-13(16)14-10-7-17-11-6-5-8-3-1-2-4-9(8)12(10)11/h1-6,10,14H,7H2,(H,15,16). The van der Waals surface area contributed by atoms with Crippen molar-refractivity contribution >= 4 is 16.9 Å². The molecule has 0 saturated carbocycles. The van der Waals surface area contributed by atoms with Gasteiger partial charge in [0.1, 0.15) is 12.4 Å². The molecule has 4 heteroatoms. The number of fused-ring (bicyclic) bond motifs is 3. The summed E-state index contributed by atoms with van der Waals surface area (Å²) in [6.45, 7) is 0.357. The summed E-state index contributed by atoms with van der Waals surface area (Å²) in [6.07, 6.45) is -1.03. The molecule has 0 aromatic heterocycles. The van der Waals surface area contributed by atoms with Crippen LogP contribution in [0.2, 0.25) is 0 Å². The van der Waals surface area contributed by atoms with Crippen LogP contribution in [-0.4, -0.2) is 17.8 Å². The van der Waals surface area contributed by atoms with Gasteiger partial charge in [-0.15, -0.1) is 0 Å². The van der Waals surface area contributed by atoms with E-state index in [1.165, 1.54) is 0 Å². The van der Waals surface area contributed by atoms with E-state index < -0.39 is 6.09 Å². The minimum absolute atomic E-state index is 0.284. The fourth-order valence-electron chi connectivity index (χ4n) is 2.28. The lowest BCUT2D eigenvalue weighted by Gasteiger charge is -2.10. The normalized spacial score (nSPS) is 17.5. The van der Waals surface area contributed by atoms with E-state index in [1.54, 1.807) is 0 Å². The molecule has 0 spiro atoms. The fraction of sp³-hybridized carbons (Fsp3) is 0.154. The third-order valence-electron chi connectivity index (χ3n) is 2.98. The van der Waals surface area contributed by atoms with E-state index in [0.29, 0.717) is 6.61 Å². The lowest BCUT2D eigenvalue weighted by molar-refractivity contribution is 0.186. The van der Waals surface area contributed by atoms with E-state index in [-0.39, 0.29) is 6.04 Å². The van der Waals surface area contributed by atoms with Gasteiger partial charge >= 0.3 is 6.09 Å². The Kier molecular flexibility index (Phi) is 2.14. The average Bonchev–Trinajstić information content (AvgIpc) is 2.72. The number of nitrogens with one attached hydrogen (secondary N) is 1. The highest BCUT2D eigenvalue weighted by molar-refractivity contribution is 5.89. The molecule has 1 amide bonds. The molecule has 1 heterocycles. The summed E-state index contributed by atoms with van der Waals surface area (Å²) < 4.78 is 5.49. The summed E-state index contributed by atoms with van der Waals surface area (Å²) >= 11 is 0. The maximum atomic E-state index is 10.7. The molecule has 1 unspecified atom stereocenters. The highest BCUT2D eigenvalue weighted by atomic mass is 16.5. The zero-order chi connectivity index (χ0) is 11.8. The molecular weight excluding hydrogens is 218 g/mol. The Morgan fingerprint density at radius 3 is 2.94 bits per heavy atom. The quantitative estimate of drug-likeness (QED) is 0.790. The second kappa shape index (κ2) is 3.66. The molecular formula is C13H11NO3. The average molecular weight is 229 g/mol. The van der Waals surface area contributed by atoms with Crippen molar-refractivity contribution in [1.29, 1.82) is 0 Å². The maximum absolute atomic E-state index is 10.7. The van der Waals surface area contributed by atoms with Crippen LogP contribution >= 0.6 is 0 Å². The van der Waals surface area contributed by atoms with Gasteiger partial charge in [-0.25, -0.2) is 4.79 Å². The van der Waals surface area contributed by atoms with Crippen LogP contribution in [0.4, 0.5) is 4.79 Å². The monoisotopic (exact) mass is 229 g/mol. The molecule has 0 radical (unpaired) electrons. The molecule has 0 saturated heterocycles. The number of ether oxygens (including phenoxy) is 1. The van der Waals surface area contributed by atoms with Crippen LogP contribution in [0.3, 0.4) is 0 Å². The van der Waals surface area contributed by atoms with Gasteiger partial charge in [-0.1, -0.05) is 30.3 Å². The summed E-state index contributed by atoms with van der Waals surface area (Å²) in [7, 11) is 0. The Bertz CT molecular complexity index is 594. The fourth-order valence-corrected chi connectivity index (χ4v) is 2.28. The van der Waals surface area contributed by atoms with Crippen LogP contribution in [0.15, 0.2) is 36.4 Å².